The predicted octanol–water partition coefficient (Wildman–Crippen LogP) is 2.65. The van der Waals surface area contributed by atoms with Crippen molar-refractivity contribution in [2.24, 2.45) is 5.73 Å². The van der Waals surface area contributed by atoms with Crippen LogP contribution in [0.4, 0.5) is 10.5 Å². The van der Waals surface area contributed by atoms with Crippen LogP contribution in [-0.2, 0) is 4.74 Å². The topological polar surface area (TPSA) is 64.8 Å². The summed E-state index contributed by atoms with van der Waals surface area (Å²) < 4.78 is 10.6. The number of hydrogen-bond donors (Lipinski definition) is 1. The second-order valence-electron chi connectivity index (χ2n) is 5.04. The lowest BCUT2D eigenvalue weighted by Gasteiger charge is -2.31. The van der Waals surface area contributed by atoms with Crippen molar-refractivity contribution in [3.05, 3.63) is 48.5 Å². The van der Waals surface area contributed by atoms with E-state index < -0.39 is 6.09 Å². The summed E-state index contributed by atoms with van der Waals surface area (Å²) in [6, 6.07) is 15.5. The van der Waals surface area contributed by atoms with Crippen molar-refractivity contribution in [2.45, 2.75) is 0 Å². The predicted molar refractivity (Wildman–Crippen MR) is 85.1 cm³/mol. The molecule has 3 rings (SSSR count). The summed E-state index contributed by atoms with van der Waals surface area (Å²) >= 11 is 0. The largest absolute Gasteiger partial charge is 0.410 e. The zero-order valence-corrected chi connectivity index (χ0v) is 12.2. The Labute approximate surface area is 129 Å². The van der Waals surface area contributed by atoms with Gasteiger partial charge in [0.1, 0.15) is 5.75 Å². The Morgan fingerprint density at radius 3 is 2.45 bits per heavy atom. The summed E-state index contributed by atoms with van der Waals surface area (Å²) in [4.78, 5) is 13.4. The van der Waals surface area contributed by atoms with E-state index in [1.807, 2.05) is 42.5 Å². The van der Waals surface area contributed by atoms with Gasteiger partial charge in [0.05, 0.1) is 13.2 Å². The number of amides is 1. The summed E-state index contributed by atoms with van der Waals surface area (Å²) in [5, 5.41) is 0. The van der Waals surface area contributed by atoms with Gasteiger partial charge in [0, 0.05) is 24.3 Å². The minimum Gasteiger partial charge on any atom is -0.410 e. The number of benzene rings is 2. The number of ether oxygens (including phenoxy) is 2. The molecule has 0 radical (unpaired) electrons. The number of carbonyl (C=O) groups is 1. The van der Waals surface area contributed by atoms with Gasteiger partial charge in [0.15, 0.2) is 0 Å². The van der Waals surface area contributed by atoms with E-state index >= 15 is 0 Å². The van der Waals surface area contributed by atoms with Crippen LogP contribution < -0.4 is 15.4 Å². The van der Waals surface area contributed by atoms with Gasteiger partial charge < -0.3 is 20.1 Å². The lowest BCUT2D eigenvalue weighted by Crippen LogP contribution is -2.36. The summed E-state index contributed by atoms with van der Waals surface area (Å²) in [5.41, 5.74) is 8.09. The quantitative estimate of drug-likeness (QED) is 0.946. The molecule has 0 spiro atoms. The first-order valence-corrected chi connectivity index (χ1v) is 7.24. The third kappa shape index (κ3) is 3.04. The Morgan fingerprint density at radius 1 is 1.05 bits per heavy atom. The molecule has 1 fully saturated rings. The van der Waals surface area contributed by atoms with E-state index in [9.17, 15) is 4.79 Å². The average Bonchev–Trinajstić information content (AvgIpc) is 2.56. The molecule has 2 N–H and O–H groups in total. The fourth-order valence-electron chi connectivity index (χ4n) is 2.68. The number of rotatable bonds is 3. The van der Waals surface area contributed by atoms with Crippen molar-refractivity contribution in [3.63, 3.8) is 0 Å². The molecular formula is C17H18N2O3. The highest BCUT2D eigenvalue weighted by atomic mass is 16.5. The van der Waals surface area contributed by atoms with E-state index in [1.165, 1.54) is 0 Å². The molecule has 114 valence electrons. The Kier molecular flexibility index (Phi) is 4.25. The Bertz CT molecular complexity index is 652. The number of nitrogens with two attached hydrogens (primary N) is 1. The van der Waals surface area contributed by atoms with Crippen molar-refractivity contribution < 1.29 is 14.3 Å². The van der Waals surface area contributed by atoms with Crippen LogP contribution in [0.15, 0.2) is 48.5 Å². The molecule has 22 heavy (non-hydrogen) atoms. The molecular weight excluding hydrogens is 280 g/mol. The molecule has 1 amide bonds. The van der Waals surface area contributed by atoms with Crippen LogP contribution in [0.3, 0.4) is 0 Å². The third-order valence-corrected chi connectivity index (χ3v) is 3.63. The molecule has 1 aliphatic heterocycles. The second-order valence-corrected chi connectivity index (χ2v) is 5.04. The standard InChI is InChI=1S/C17H18N2O3/c18-17(20)22-15-8-4-7-14(19-9-11-21-12-10-19)16(15)13-5-2-1-3-6-13/h1-8H,9-12H2,(H2,18,20). The van der Waals surface area contributed by atoms with E-state index in [4.69, 9.17) is 15.2 Å². The molecule has 0 aliphatic carbocycles. The molecule has 0 aromatic heterocycles. The Balaban J connectivity index is 2.10. The van der Waals surface area contributed by atoms with Gasteiger partial charge in [-0.25, -0.2) is 4.79 Å². The van der Waals surface area contributed by atoms with Crippen molar-refractivity contribution >= 4 is 11.8 Å². The van der Waals surface area contributed by atoms with Gasteiger partial charge in [0.2, 0.25) is 0 Å². The Hall–Kier alpha value is -2.53. The lowest BCUT2D eigenvalue weighted by atomic mass is 10.0. The average molecular weight is 298 g/mol. The van der Waals surface area contributed by atoms with Gasteiger partial charge >= 0.3 is 6.09 Å². The van der Waals surface area contributed by atoms with Crippen LogP contribution in [-0.4, -0.2) is 32.4 Å². The van der Waals surface area contributed by atoms with Crippen LogP contribution in [0.1, 0.15) is 0 Å². The summed E-state index contributed by atoms with van der Waals surface area (Å²) in [6.07, 6.45) is -0.809. The van der Waals surface area contributed by atoms with Crippen molar-refractivity contribution in [3.8, 4) is 16.9 Å². The van der Waals surface area contributed by atoms with Crippen molar-refractivity contribution in [2.75, 3.05) is 31.2 Å². The molecule has 5 nitrogen and oxygen atoms in total. The van der Waals surface area contributed by atoms with E-state index in [-0.39, 0.29) is 0 Å². The number of hydrogen-bond acceptors (Lipinski definition) is 4. The van der Waals surface area contributed by atoms with Crippen LogP contribution in [0.25, 0.3) is 11.1 Å². The third-order valence-electron chi connectivity index (χ3n) is 3.63. The molecule has 0 saturated carbocycles. The molecule has 1 heterocycles. The maximum atomic E-state index is 11.2. The minimum absolute atomic E-state index is 0.475. The maximum Gasteiger partial charge on any atom is 0.409 e. The lowest BCUT2D eigenvalue weighted by molar-refractivity contribution is 0.122. The summed E-state index contributed by atoms with van der Waals surface area (Å²) in [6.45, 7) is 2.99. The minimum atomic E-state index is -0.809. The van der Waals surface area contributed by atoms with Gasteiger partial charge in [0.25, 0.3) is 0 Å². The highest BCUT2D eigenvalue weighted by Gasteiger charge is 2.19. The van der Waals surface area contributed by atoms with Gasteiger partial charge in [-0.3, -0.25) is 0 Å². The fraction of sp³-hybridized carbons (Fsp3) is 0.235. The normalized spacial score (nSPS) is 14.6. The number of anilines is 1. The van der Waals surface area contributed by atoms with Crippen LogP contribution >= 0.6 is 0 Å². The van der Waals surface area contributed by atoms with Gasteiger partial charge in [-0.1, -0.05) is 36.4 Å². The smallest absolute Gasteiger partial charge is 0.409 e. The first-order valence-electron chi connectivity index (χ1n) is 7.24. The maximum absolute atomic E-state index is 11.2. The van der Waals surface area contributed by atoms with Crippen LogP contribution in [0, 0.1) is 0 Å². The molecule has 1 aliphatic rings. The summed E-state index contributed by atoms with van der Waals surface area (Å²) in [5.74, 6) is 0.475. The van der Waals surface area contributed by atoms with E-state index in [0.29, 0.717) is 19.0 Å². The number of nitrogens with zero attached hydrogens (tertiary/aromatic N) is 1. The van der Waals surface area contributed by atoms with Gasteiger partial charge in [-0.05, 0) is 17.7 Å². The van der Waals surface area contributed by atoms with Gasteiger partial charge in [-0.15, -0.1) is 0 Å². The Morgan fingerprint density at radius 2 is 1.77 bits per heavy atom. The molecule has 2 aromatic carbocycles. The van der Waals surface area contributed by atoms with Crippen LogP contribution in [0.5, 0.6) is 5.75 Å². The van der Waals surface area contributed by atoms with E-state index in [1.54, 1.807) is 6.07 Å². The number of carbonyl (C=O) groups excluding carboxylic acids is 1. The van der Waals surface area contributed by atoms with E-state index in [0.717, 1.165) is 29.9 Å². The zero-order chi connectivity index (χ0) is 15.4. The molecule has 0 atom stereocenters. The summed E-state index contributed by atoms with van der Waals surface area (Å²) in [7, 11) is 0. The van der Waals surface area contributed by atoms with Crippen molar-refractivity contribution in [1.29, 1.82) is 0 Å². The highest BCUT2D eigenvalue weighted by molar-refractivity contribution is 5.86. The molecule has 0 bridgehead atoms. The van der Waals surface area contributed by atoms with Crippen molar-refractivity contribution in [1.82, 2.24) is 0 Å². The first kappa shape index (κ1) is 14.4. The van der Waals surface area contributed by atoms with Crippen LogP contribution in [0.2, 0.25) is 0 Å². The molecule has 0 unspecified atom stereocenters. The number of morpholine rings is 1. The van der Waals surface area contributed by atoms with E-state index in [2.05, 4.69) is 4.90 Å². The van der Waals surface area contributed by atoms with Gasteiger partial charge in [-0.2, -0.15) is 0 Å². The second kappa shape index (κ2) is 6.49. The fourth-order valence-corrected chi connectivity index (χ4v) is 2.68. The molecule has 2 aromatic rings. The SMILES string of the molecule is NC(=O)Oc1cccc(N2CCOCC2)c1-c1ccccc1. The molecule has 1 saturated heterocycles. The molecule has 5 heteroatoms. The highest BCUT2D eigenvalue weighted by Crippen LogP contribution is 2.39. The first-order chi connectivity index (χ1) is 10.8. The zero-order valence-electron chi connectivity index (χ0n) is 12.2. The monoisotopic (exact) mass is 298 g/mol. The number of primary amides is 1.